The van der Waals surface area contributed by atoms with E-state index in [1.54, 1.807) is 4.57 Å². The van der Waals surface area contributed by atoms with Gasteiger partial charge in [0.25, 0.3) is 0 Å². The summed E-state index contributed by atoms with van der Waals surface area (Å²) in [6.45, 7) is -0.613. The van der Waals surface area contributed by atoms with E-state index in [1.807, 2.05) is 0 Å². The number of fused-ring (bicyclic) bond motifs is 1. The summed E-state index contributed by atoms with van der Waals surface area (Å²) in [5.74, 6) is 0.170. The van der Waals surface area contributed by atoms with Gasteiger partial charge in [0.05, 0.1) is 19.0 Å². The normalized spacial score (nSPS) is 26.5. The van der Waals surface area contributed by atoms with Crippen LogP contribution in [0, 0.1) is 0 Å². The van der Waals surface area contributed by atoms with Gasteiger partial charge >= 0.3 is 23.5 Å². The Hall–Kier alpha value is -0.930. The molecule has 30 heavy (non-hydrogen) atoms. The van der Waals surface area contributed by atoms with Crippen LogP contribution in [-0.4, -0.2) is 57.1 Å². The number of imidazole rings is 1. The molecule has 6 N–H and O–H groups in total. The third kappa shape index (κ3) is 5.85. The largest absolute Gasteiger partial charge is 0.490 e. The van der Waals surface area contributed by atoms with E-state index < -0.39 is 47.7 Å². The van der Waals surface area contributed by atoms with Crippen LogP contribution >= 0.6 is 36.1 Å². The van der Waals surface area contributed by atoms with E-state index in [9.17, 15) is 18.6 Å². The zero-order chi connectivity index (χ0) is 22.3. The first kappa shape index (κ1) is 23.7. The number of ether oxygens (including phenoxy) is 1. The molecule has 0 aliphatic carbocycles. The number of rotatable bonds is 8. The number of hydrogen-bond acceptors (Lipinski definition) is 12. The van der Waals surface area contributed by atoms with Gasteiger partial charge in [-0.25, -0.2) is 28.6 Å². The van der Waals surface area contributed by atoms with Crippen LogP contribution in [0.4, 0.5) is 5.82 Å². The zero-order valence-corrected chi connectivity index (χ0v) is 18.2. The van der Waals surface area contributed by atoms with Crippen molar-refractivity contribution in [2.75, 3.05) is 12.3 Å². The third-order valence-corrected chi connectivity index (χ3v) is 8.07. The molecule has 20 heteroatoms. The second-order valence-electron chi connectivity index (χ2n) is 5.90. The maximum Gasteiger partial charge on any atom is 0.490 e. The van der Waals surface area contributed by atoms with Crippen molar-refractivity contribution in [3.8, 4) is 0 Å². The topological polar surface area (TPSA) is 239 Å². The van der Waals surface area contributed by atoms with E-state index in [1.165, 1.54) is 12.7 Å². The van der Waals surface area contributed by atoms with Crippen molar-refractivity contribution in [3.63, 3.8) is 0 Å². The Balaban J connectivity index is 1.64. The van der Waals surface area contributed by atoms with Crippen LogP contribution in [0.3, 0.4) is 0 Å². The van der Waals surface area contributed by atoms with E-state index in [4.69, 9.17) is 25.2 Å². The lowest BCUT2D eigenvalue weighted by atomic mass is 10.2. The number of nitrogens with two attached hydrogens (primary N) is 1. The van der Waals surface area contributed by atoms with Crippen LogP contribution in [0.1, 0.15) is 12.6 Å². The van der Waals surface area contributed by atoms with Crippen molar-refractivity contribution >= 4 is 53.1 Å². The molecular weight excluding hydrogens is 491 g/mol. The van der Waals surface area contributed by atoms with Gasteiger partial charge in [-0.1, -0.05) is 0 Å². The Labute approximate surface area is 173 Å². The fourth-order valence-electron chi connectivity index (χ4n) is 2.59. The van der Waals surface area contributed by atoms with Gasteiger partial charge in [0.1, 0.15) is 18.1 Å². The van der Waals surface area contributed by atoms with Gasteiger partial charge < -0.3 is 30.0 Å². The van der Waals surface area contributed by atoms with E-state index in [0.717, 1.165) is 0 Å². The standard InChI is InChI=1S/C10H16N5O11P3S/c11-9-8-10(13-3-12-9)15(4-14-8)7-1-6(30)5(24-7)2-23-28(19,20)26-29(21,22)25-27(16,17)18/h3-7,30H,1-2H2,(H,19,20)(H,21,22)(H2,11,12,13)(H2,16,17,18)/t5-,6+,7-/m1/s1. The summed E-state index contributed by atoms with van der Waals surface area (Å²) in [6, 6.07) is 0. The lowest BCUT2D eigenvalue weighted by molar-refractivity contribution is -0.0195. The molecule has 0 radical (unpaired) electrons. The van der Waals surface area contributed by atoms with E-state index in [2.05, 4.69) is 40.7 Å². The van der Waals surface area contributed by atoms with Crippen molar-refractivity contribution in [2.24, 2.45) is 0 Å². The lowest BCUT2D eigenvalue weighted by Gasteiger charge is -2.19. The number of phosphoric acid groups is 3. The molecule has 1 fully saturated rings. The van der Waals surface area contributed by atoms with Crippen LogP contribution in [0.15, 0.2) is 12.7 Å². The molecule has 0 amide bonds. The number of nitrogen functional groups attached to an aromatic ring is 1. The predicted octanol–water partition coefficient (Wildman–Crippen LogP) is 0.338. The predicted molar refractivity (Wildman–Crippen MR) is 101 cm³/mol. The third-order valence-electron chi connectivity index (χ3n) is 3.72. The summed E-state index contributed by atoms with van der Waals surface area (Å²) in [6.07, 6.45) is 1.46. The van der Waals surface area contributed by atoms with Gasteiger partial charge in [-0.3, -0.25) is 9.09 Å². The van der Waals surface area contributed by atoms with Crippen LogP contribution in [0.25, 0.3) is 11.2 Å². The van der Waals surface area contributed by atoms with E-state index >= 15 is 0 Å². The number of phosphoric ester groups is 1. The van der Waals surface area contributed by atoms with Gasteiger partial charge in [0.15, 0.2) is 11.5 Å². The van der Waals surface area contributed by atoms with E-state index in [-0.39, 0.29) is 5.82 Å². The highest BCUT2D eigenvalue weighted by Gasteiger charge is 2.42. The fourth-order valence-corrected chi connectivity index (χ4v) is 5.95. The summed E-state index contributed by atoms with van der Waals surface area (Å²) >= 11 is 4.32. The van der Waals surface area contributed by atoms with Gasteiger partial charge in [0, 0.05) is 11.7 Å². The molecule has 1 saturated heterocycles. The van der Waals surface area contributed by atoms with Gasteiger partial charge in [-0.05, 0) is 0 Å². The monoisotopic (exact) mass is 507 g/mol. The molecule has 0 spiro atoms. The molecule has 2 aromatic heterocycles. The molecule has 3 heterocycles. The van der Waals surface area contributed by atoms with Gasteiger partial charge in [0.2, 0.25) is 0 Å². The summed E-state index contributed by atoms with van der Waals surface area (Å²) < 4.78 is 52.9. The summed E-state index contributed by atoms with van der Waals surface area (Å²) in [5.41, 5.74) is 6.47. The first-order valence-corrected chi connectivity index (χ1v) is 12.8. The van der Waals surface area contributed by atoms with Crippen LogP contribution in [0.2, 0.25) is 0 Å². The van der Waals surface area contributed by atoms with Crippen LogP contribution in [0.5, 0.6) is 0 Å². The smallest absolute Gasteiger partial charge is 0.382 e. The number of hydrogen-bond donors (Lipinski definition) is 6. The van der Waals surface area contributed by atoms with E-state index in [0.29, 0.717) is 17.6 Å². The Morgan fingerprint density at radius 3 is 2.53 bits per heavy atom. The molecule has 5 atom stereocenters. The van der Waals surface area contributed by atoms with Crippen molar-refractivity contribution < 1.29 is 51.2 Å². The van der Waals surface area contributed by atoms with Crippen molar-refractivity contribution in [3.05, 3.63) is 12.7 Å². The summed E-state index contributed by atoms with van der Waals surface area (Å²) in [5, 5.41) is -0.501. The number of nitrogens with zero attached hydrogens (tertiary/aromatic N) is 4. The van der Waals surface area contributed by atoms with Crippen molar-refractivity contribution in [1.82, 2.24) is 19.5 Å². The maximum atomic E-state index is 11.8. The molecule has 0 aromatic carbocycles. The van der Waals surface area contributed by atoms with Crippen molar-refractivity contribution in [2.45, 2.75) is 24.0 Å². The minimum absolute atomic E-state index is 0.170. The Morgan fingerprint density at radius 1 is 1.17 bits per heavy atom. The number of aromatic nitrogens is 4. The lowest BCUT2D eigenvalue weighted by Crippen LogP contribution is -2.22. The molecule has 2 unspecified atom stereocenters. The fraction of sp³-hybridized carbons (Fsp3) is 0.500. The Morgan fingerprint density at radius 2 is 1.87 bits per heavy atom. The average molecular weight is 507 g/mol. The molecule has 168 valence electrons. The molecule has 0 saturated carbocycles. The highest BCUT2D eigenvalue weighted by molar-refractivity contribution is 7.81. The first-order valence-electron chi connectivity index (χ1n) is 7.81. The zero-order valence-electron chi connectivity index (χ0n) is 14.6. The second-order valence-corrected chi connectivity index (χ2v) is 11.0. The van der Waals surface area contributed by atoms with Gasteiger partial charge in [-0.2, -0.15) is 21.3 Å². The molecule has 2 aromatic rings. The minimum Gasteiger partial charge on any atom is -0.382 e. The summed E-state index contributed by atoms with van der Waals surface area (Å²) in [4.78, 5) is 47.7. The highest BCUT2D eigenvalue weighted by atomic mass is 32.1. The number of thiol groups is 1. The van der Waals surface area contributed by atoms with Gasteiger partial charge in [-0.15, -0.1) is 0 Å². The quantitative estimate of drug-likeness (QED) is 0.208. The Bertz CT molecular complexity index is 1080. The SMILES string of the molecule is Nc1ncnc2c1ncn2[C@H]1C[C@H](S)[C@@H](COP(=O)(O)OP(=O)(O)OP(=O)(O)O)O1. The molecule has 16 nitrogen and oxygen atoms in total. The van der Waals surface area contributed by atoms with Crippen LogP contribution in [-0.2, 0) is 31.6 Å². The summed E-state index contributed by atoms with van der Waals surface area (Å²) in [7, 11) is -16.3. The maximum absolute atomic E-state index is 11.8. The molecule has 1 aliphatic rings. The number of anilines is 1. The van der Waals surface area contributed by atoms with Crippen LogP contribution < -0.4 is 5.73 Å². The highest BCUT2D eigenvalue weighted by Crippen LogP contribution is 2.66. The van der Waals surface area contributed by atoms with Crippen molar-refractivity contribution in [1.29, 1.82) is 0 Å². The molecule has 0 bridgehead atoms. The molecular formula is C10H16N5O11P3S. The Kier molecular flexibility index (Phi) is 6.76. The average Bonchev–Trinajstić information content (AvgIpc) is 3.14. The minimum atomic E-state index is -5.60. The first-order chi connectivity index (χ1) is 13.8. The second kappa shape index (κ2) is 8.54. The molecule has 3 rings (SSSR count). The molecule has 1 aliphatic heterocycles.